The second kappa shape index (κ2) is 6.53. The Morgan fingerprint density at radius 3 is 2.91 bits per heavy atom. The second-order valence-electron chi connectivity index (χ2n) is 6.12. The molecule has 0 fully saturated rings. The fourth-order valence-electron chi connectivity index (χ4n) is 3.28. The first kappa shape index (κ1) is 15.1. The van der Waals surface area contributed by atoms with Crippen molar-refractivity contribution in [2.45, 2.75) is 44.7 Å². The summed E-state index contributed by atoms with van der Waals surface area (Å²) >= 11 is 0. The van der Waals surface area contributed by atoms with E-state index in [2.05, 4.69) is 35.5 Å². The average molecular weight is 299 g/mol. The first-order valence-corrected chi connectivity index (χ1v) is 8.13. The minimum atomic E-state index is 0.178. The summed E-state index contributed by atoms with van der Waals surface area (Å²) in [5, 5.41) is 8.41. The summed E-state index contributed by atoms with van der Waals surface area (Å²) in [6.45, 7) is 2.25. The lowest BCUT2D eigenvalue weighted by atomic mass is 9.87. The monoisotopic (exact) mass is 299 g/mol. The average Bonchev–Trinajstić information content (AvgIpc) is 2.97. The Hall–Kier alpha value is -1.81. The molecule has 2 heterocycles. The zero-order chi connectivity index (χ0) is 15.5. The highest BCUT2D eigenvalue weighted by atomic mass is 16.5. The second-order valence-corrected chi connectivity index (χ2v) is 6.12. The summed E-state index contributed by atoms with van der Waals surface area (Å²) in [5.41, 5.74) is 3.80. The Kier molecular flexibility index (Phi) is 4.48. The first-order chi connectivity index (χ1) is 10.7. The molecule has 0 spiro atoms. The van der Waals surface area contributed by atoms with Crippen molar-refractivity contribution >= 4 is 0 Å². The predicted octanol–water partition coefficient (Wildman–Crippen LogP) is 3.22. The van der Waals surface area contributed by atoms with Gasteiger partial charge in [-0.3, -0.25) is 4.68 Å². The number of methoxy groups -OCH3 is 1. The van der Waals surface area contributed by atoms with Crippen molar-refractivity contribution in [2.75, 3.05) is 7.11 Å². The fourth-order valence-corrected chi connectivity index (χ4v) is 3.28. The molecule has 0 bridgehead atoms. The van der Waals surface area contributed by atoms with Crippen molar-refractivity contribution in [2.24, 2.45) is 7.05 Å². The fraction of sp³-hybridized carbons (Fsp3) is 0.500. The minimum Gasteiger partial charge on any atom is -0.497 e. The van der Waals surface area contributed by atoms with Crippen molar-refractivity contribution in [3.63, 3.8) is 0 Å². The summed E-state index contributed by atoms with van der Waals surface area (Å²) in [6.07, 6.45) is 6.77. The van der Waals surface area contributed by atoms with E-state index in [1.54, 1.807) is 7.11 Å². The maximum Gasteiger partial charge on any atom is 0.119 e. The Bertz CT molecular complexity index is 635. The standard InChI is InChI=1S/C18H25N3O/c1-4-5-6-14-11-13-12-15(22-3)7-8-16(13)18(19-14)17-9-10-21(2)20-17/h7-10,12,14,18-19H,4-6,11H2,1-3H3/t14-,18+/m0/s1. The van der Waals surface area contributed by atoms with Crippen molar-refractivity contribution in [1.82, 2.24) is 15.1 Å². The predicted molar refractivity (Wildman–Crippen MR) is 88.2 cm³/mol. The van der Waals surface area contributed by atoms with Crippen LogP contribution in [0.5, 0.6) is 5.75 Å². The van der Waals surface area contributed by atoms with Crippen LogP contribution in [0.25, 0.3) is 0 Å². The molecule has 3 rings (SSSR count). The summed E-state index contributed by atoms with van der Waals surface area (Å²) in [5.74, 6) is 0.940. The summed E-state index contributed by atoms with van der Waals surface area (Å²) in [6, 6.07) is 9.20. The molecule has 22 heavy (non-hydrogen) atoms. The van der Waals surface area contributed by atoms with Crippen molar-refractivity contribution in [3.8, 4) is 5.75 Å². The molecule has 4 nitrogen and oxygen atoms in total. The number of unbranched alkanes of at least 4 members (excludes halogenated alkanes) is 1. The first-order valence-electron chi connectivity index (χ1n) is 8.13. The van der Waals surface area contributed by atoms with E-state index in [4.69, 9.17) is 4.74 Å². The molecule has 118 valence electrons. The highest BCUT2D eigenvalue weighted by Crippen LogP contribution is 2.33. The van der Waals surface area contributed by atoms with Gasteiger partial charge in [0.15, 0.2) is 0 Å². The number of benzene rings is 1. The van der Waals surface area contributed by atoms with E-state index in [0.717, 1.165) is 17.9 Å². The molecule has 4 heteroatoms. The maximum absolute atomic E-state index is 5.40. The topological polar surface area (TPSA) is 39.1 Å². The van der Waals surface area contributed by atoms with Crippen LogP contribution in [0.4, 0.5) is 0 Å². The maximum atomic E-state index is 5.40. The van der Waals surface area contributed by atoms with E-state index >= 15 is 0 Å². The van der Waals surface area contributed by atoms with Gasteiger partial charge in [-0.15, -0.1) is 0 Å². The number of nitrogens with zero attached hydrogens (tertiary/aromatic N) is 2. The number of hydrogen-bond acceptors (Lipinski definition) is 3. The molecule has 1 aromatic heterocycles. The van der Waals surface area contributed by atoms with Crippen LogP contribution < -0.4 is 10.1 Å². The quantitative estimate of drug-likeness (QED) is 0.921. The van der Waals surface area contributed by atoms with Gasteiger partial charge in [-0.1, -0.05) is 25.8 Å². The van der Waals surface area contributed by atoms with Crippen LogP contribution in [0.2, 0.25) is 0 Å². The number of aromatic nitrogens is 2. The van der Waals surface area contributed by atoms with Crippen LogP contribution in [0.1, 0.15) is 49.0 Å². The summed E-state index contributed by atoms with van der Waals surface area (Å²) in [7, 11) is 3.70. The Morgan fingerprint density at radius 1 is 1.36 bits per heavy atom. The van der Waals surface area contributed by atoms with E-state index < -0.39 is 0 Å². The van der Waals surface area contributed by atoms with Gasteiger partial charge in [0.25, 0.3) is 0 Å². The molecule has 0 saturated carbocycles. The third-order valence-corrected chi connectivity index (χ3v) is 4.47. The molecule has 0 aliphatic carbocycles. The van der Waals surface area contributed by atoms with Gasteiger partial charge in [-0.25, -0.2) is 0 Å². The molecule has 2 atom stereocenters. The highest BCUT2D eigenvalue weighted by molar-refractivity contribution is 5.42. The molecule has 0 saturated heterocycles. The zero-order valence-corrected chi connectivity index (χ0v) is 13.7. The number of hydrogen-bond donors (Lipinski definition) is 1. The molecule has 1 aliphatic heterocycles. The summed E-state index contributed by atoms with van der Waals surface area (Å²) in [4.78, 5) is 0. The van der Waals surface area contributed by atoms with Crippen LogP contribution >= 0.6 is 0 Å². The number of aryl methyl sites for hydroxylation is 1. The van der Waals surface area contributed by atoms with Crippen LogP contribution in [0, 0.1) is 0 Å². The molecule has 0 unspecified atom stereocenters. The van der Waals surface area contributed by atoms with Crippen molar-refractivity contribution in [1.29, 1.82) is 0 Å². The smallest absolute Gasteiger partial charge is 0.119 e. The lowest BCUT2D eigenvalue weighted by Gasteiger charge is -2.33. The molecule has 2 aromatic rings. The summed E-state index contributed by atoms with van der Waals surface area (Å²) < 4.78 is 7.27. The largest absolute Gasteiger partial charge is 0.497 e. The molecular formula is C18H25N3O. The number of rotatable bonds is 5. The van der Waals surface area contributed by atoms with Crippen molar-refractivity contribution in [3.05, 3.63) is 47.3 Å². The molecule has 1 N–H and O–H groups in total. The van der Waals surface area contributed by atoms with E-state index in [0.29, 0.717) is 6.04 Å². The zero-order valence-electron chi connectivity index (χ0n) is 13.7. The third kappa shape index (κ3) is 3.02. The molecule has 1 aliphatic rings. The molecule has 1 aromatic carbocycles. The van der Waals surface area contributed by atoms with Gasteiger partial charge >= 0.3 is 0 Å². The van der Waals surface area contributed by atoms with Gasteiger partial charge in [0, 0.05) is 19.3 Å². The van der Waals surface area contributed by atoms with Crippen LogP contribution in [0.15, 0.2) is 30.5 Å². The lowest BCUT2D eigenvalue weighted by molar-refractivity contribution is 0.392. The van der Waals surface area contributed by atoms with E-state index in [1.807, 2.05) is 24.0 Å². The Labute approximate surface area is 132 Å². The number of fused-ring (bicyclic) bond motifs is 1. The van der Waals surface area contributed by atoms with Gasteiger partial charge in [0.2, 0.25) is 0 Å². The minimum absolute atomic E-state index is 0.178. The normalized spacial score (nSPS) is 20.7. The van der Waals surface area contributed by atoms with Gasteiger partial charge in [0.1, 0.15) is 5.75 Å². The molecular weight excluding hydrogens is 274 g/mol. The number of nitrogens with one attached hydrogen (secondary N) is 1. The van der Waals surface area contributed by atoms with Crippen LogP contribution in [-0.2, 0) is 13.5 Å². The Balaban J connectivity index is 1.94. The van der Waals surface area contributed by atoms with Gasteiger partial charge in [-0.05, 0) is 42.2 Å². The van der Waals surface area contributed by atoms with Gasteiger partial charge in [0.05, 0.1) is 18.8 Å². The van der Waals surface area contributed by atoms with Crippen LogP contribution in [0.3, 0.4) is 0 Å². The molecule has 0 radical (unpaired) electrons. The van der Waals surface area contributed by atoms with E-state index in [9.17, 15) is 0 Å². The Morgan fingerprint density at radius 2 is 2.23 bits per heavy atom. The van der Waals surface area contributed by atoms with Crippen molar-refractivity contribution < 1.29 is 4.74 Å². The highest BCUT2D eigenvalue weighted by Gasteiger charge is 2.28. The lowest BCUT2D eigenvalue weighted by Crippen LogP contribution is -2.40. The molecule has 0 amide bonds. The van der Waals surface area contributed by atoms with Crippen LogP contribution in [-0.4, -0.2) is 22.9 Å². The van der Waals surface area contributed by atoms with E-state index in [1.165, 1.54) is 30.4 Å². The van der Waals surface area contributed by atoms with Gasteiger partial charge in [-0.2, -0.15) is 5.10 Å². The van der Waals surface area contributed by atoms with Gasteiger partial charge < -0.3 is 10.1 Å². The number of ether oxygens (including phenoxy) is 1. The SMILES string of the molecule is CCCC[C@H]1Cc2cc(OC)ccc2[C@H](c2ccn(C)n2)N1. The van der Waals surface area contributed by atoms with E-state index in [-0.39, 0.29) is 6.04 Å². The third-order valence-electron chi connectivity index (χ3n) is 4.47.